The molecule has 160 valence electrons. The quantitative estimate of drug-likeness (QED) is 0.416. The Hall–Kier alpha value is -2.44. The first-order valence-electron chi connectivity index (χ1n) is 10.8. The van der Waals surface area contributed by atoms with Crippen molar-refractivity contribution >= 4 is 17.6 Å². The fourth-order valence-corrected chi connectivity index (χ4v) is 4.24. The van der Waals surface area contributed by atoms with E-state index in [1.54, 1.807) is 7.11 Å². The summed E-state index contributed by atoms with van der Waals surface area (Å²) in [5.41, 5.74) is 1.19. The van der Waals surface area contributed by atoms with E-state index >= 15 is 0 Å². The number of benzene rings is 1. The van der Waals surface area contributed by atoms with Crippen LogP contribution in [0.3, 0.4) is 0 Å². The Morgan fingerprint density at radius 2 is 1.86 bits per heavy atom. The van der Waals surface area contributed by atoms with Gasteiger partial charge in [0.15, 0.2) is 5.96 Å². The summed E-state index contributed by atoms with van der Waals surface area (Å²) >= 11 is 0. The van der Waals surface area contributed by atoms with E-state index in [4.69, 9.17) is 4.74 Å². The van der Waals surface area contributed by atoms with Gasteiger partial charge < -0.3 is 25.2 Å². The molecule has 1 aromatic carbocycles. The van der Waals surface area contributed by atoms with E-state index in [-0.39, 0.29) is 5.91 Å². The van der Waals surface area contributed by atoms with Crippen molar-refractivity contribution < 1.29 is 9.53 Å². The van der Waals surface area contributed by atoms with Crippen molar-refractivity contribution in [1.82, 2.24) is 15.5 Å². The van der Waals surface area contributed by atoms with Gasteiger partial charge in [-0.15, -0.1) is 0 Å². The average Bonchev–Trinajstić information content (AvgIpc) is 3.27. The average molecular weight is 402 g/mol. The van der Waals surface area contributed by atoms with Gasteiger partial charge in [0.25, 0.3) is 0 Å². The lowest BCUT2D eigenvalue weighted by Crippen LogP contribution is -2.53. The van der Waals surface area contributed by atoms with Crippen LogP contribution in [-0.4, -0.2) is 70.2 Å². The Morgan fingerprint density at radius 3 is 2.55 bits per heavy atom. The third-order valence-corrected chi connectivity index (χ3v) is 5.89. The van der Waals surface area contributed by atoms with Crippen molar-refractivity contribution in [3.8, 4) is 5.75 Å². The molecule has 1 saturated heterocycles. The fraction of sp³-hybridized carbons (Fsp3) is 0.636. The summed E-state index contributed by atoms with van der Waals surface area (Å²) in [4.78, 5) is 21.1. The largest absolute Gasteiger partial charge is 0.497 e. The summed E-state index contributed by atoms with van der Waals surface area (Å²) in [6, 6.07) is 8.20. The highest BCUT2D eigenvalue weighted by Gasteiger charge is 2.20. The summed E-state index contributed by atoms with van der Waals surface area (Å²) in [5.74, 6) is 2.56. The van der Waals surface area contributed by atoms with Crippen LogP contribution in [0, 0.1) is 5.92 Å². The molecule has 1 amide bonds. The lowest BCUT2D eigenvalue weighted by molar-refractivity contribution is -0.121. The smallest absolute Gasteiger partial charge is 0.220 e. The van der Waals surface area contributed by atoms with Crippen LogP contribution in [0.4, 0.5) is 5.69 Å². The van der Waals surface area contributed by atoms with Gasteiger partial charge in [-0.25, -0.2) is 0 Å². The molecule has 1 aliphatic carbocycles. The Bertz CT molecular complexity index is 680. The molecule has 7 nitrogen and oxygen atoms in total. The third-order valence-electron chi connectivity index (χ3n) is 5.89. The van der Waals surface area contributed by atoms with Crippen LogP contribution < -0.4 is 20.3 Å². The molecule has 1 aromatic rings. The lowest BCUT2D eigenvalue weighted by Gasteiger charge is -2.37. The molecule has 3 rings (SSSR count). The maximum Gasteiger partial charge on any atom is 0.220 e. The van der Waals surface area contributed by atoms with Gasteiger partial charge in [0.2, 0.25) is 5.91 Å². The Morgan fingerprint density at radius 1 is 1.14 bits per heavy atom. The predicted octanol–water partition coefficient (Wildman–Crippen LogP) is 2.09. The standard InChI is InChI=1S/C22H35N5O2/c1-23-22(25-11-10-24-21(28)16-18-6-3-4-7-18)27-14-12-26(13-15-27)19-8-5-9-20(17-19)29-2/h5,8-9,17-18H,3-4,6-7,10-16H2,1-2H3,(H,23,25)(H,24,28). The Kier molecular flexibility index (Phi) is 8.02. The number of hydrogen-bond donors (Lipinski definition) is 2. The van der Waals surface area contributed by atoms with E-state index in [1.165, 1.54) is 31.4 Å². The van der Waals surface area contributed by atoms with Crippen LogP contribution in [0.25, 0.3) is 0 Å². The van der Waals surface area contributed by atoms with E-state index in [0.29, 0.717) is 25.4 Å². The summed E-state index contributed by atoms with van der Waals surface area (Å²) in [6.07, 6.45) is 5.66. The van der Waals surface area contributed by atoms with Crippen molar-refractivity contribution in [3.63, 3.8) is 0 Å². The number of nitrogens with one attached hydrogen (secondary N) is 2. The molecule has 0 unspecified atom stereocenters. The highest BCUT2D eigenvalue weighted by molar-refractivity contribution is 5.80. The van der Waals surface area contributed by atoms with E-state index < -0.39 is 0 Å². The summed E-state index contributed by atoms with van der Waals surface area (Å²) in [6.45, 7) is 5.02. The molecule has 0 spiro atoms. The summed E-state index contributed by atoms with van der Waals surface area (Å²) in [7, 11) is 3.51. The zero-order chi connectivity index (χ0) is 20.5. The number of aliphatic imine (C=N–C) groups is 1. The number of amides is 1. The van der Waals surface area contributed by atoms with Gasteiger partial charge in [-0.3, -0.25) is 9.79 Å². The molecule has 2 N–H and O–H groups in total. The highest BCUT2D eigenvalue weighted by Crippen LogP contribution is 2.27. The maximum absolute atomic E-state index is 12.0. The van der Waals surface area contributed by atoms with Gasteiger partial charge in [-0.05, 0) is 30.9 Å². The molecular formula is C22H35N5O2. The van der Waals surface area contributed by atoms with Gasteiger partial charge in [0.1, 0.15) is 5.75 Å². The number of carbonyl (C=O) groups is 1. The Balaban J connectivity index is 1.37. The normalized spacial score (nSPS) is 18.1. The SMILES string of the molecule is CN=C(NCCNC(=O)CC1CCCC1)N1CCN(c2cccc(OC)c2)CC1. The molecule has 7 heteroatoms. The minimum Gasteiger partial charge on any atom is -0.497 e. The molecule has 0 radical (unpaired) electrons. The second-order valence-electron chi connectivity index (χ2n) is 7.85. The van der Waals surface area contributed by atoms with Gasteiger partial charge >= 0.3 is 0 Å². The number of hydrogen-bond acceptors (Lipinski definition) is 4. The molecule has 0 bridgehead atoms. The number of ether oxygens (including phenoxy) is 1. The van der Waals surface area contributed by atoms with Crippen LogP contribution in [0.2, 0.25) is 0 Å². The van der Waals surface area contributed by atoms with Crippen molar-refractivity contribution in [1.29, 1.82) is 0 Å². The first-order valence-corrected chi connectivity index (χ1v) is 10.8. The van der Waals surface area contributed by atoms with Crippen molar-refractivity contribution in [2.45, 2.75) is 32.1 Å². The van der Waals surface area contributed by atoms with E-state index in [0.717, 1.165) is 37.9 Å². The van der Waals surface area contributed by atoms with Gasteiger partial charge in [0.05, 0.1) is 7.11 Å². The minimum atomic E-state index is 0.181. The molecule has 0 atom stereocenters. The number of rotatable bonds is 7. The van der Waals surface area contributed by atoms with Gasteiger partial charge in [0, 0.05) is 64.5 Å². The second kappa shape index (κ2) is 10.9. The molecule has 1 aliphatic heterocycles. The number of carbonyl (C=O) groups excluding carboxylic acids is 1. The van der Waals surface area contributed by atoms with E-state index in [1.807, 2.05) is 19.2 Å². The Labute approximate surface area is 174 Å². The molecule has 0 aromatic heterocycles. The number of anilines is 1. The monoisotopic (exact) mass is 401 g/mol. The fourth-order valence-electron chi connectivity index (χ4n) is 4.24. The van der Waals surface area contributed by atoms with Crippen molar-refractivity contribution in [2.75, 3.05) is 58.3 Å². The first kappa shape index (κ1) is 21.3. The molecule has 29 heavy (non-hydrogen) atoms. The minimum absolute atomic E-state index is 0.181. The number of guanidine groups is 1. The lowest BCUT2D eigenvalue weighted by atomic mass is 10.0. The first-order chi connectivity index (χ1) is 14.2. The maximum atomic E-state index is 12.0. The van der Waals surface area contributed by atoms with Gasteiger partial charge in [-0.1, -0.05) is 18.9 Å². The summed E-state index contributed by atoms with van der Waals surface area (Å²) < 4.78 is 5.33. The zero-order valence-electron chi connectivity index (χ0n) is 17.8. The molecular weight excluding hydrogens is 366 g/mol. The third kappa shape index (κ3) is 6.27. The van der Waals surface area contributed by atoms with E-state index in [2.05, 4.69) is 37.6 Å². The van der Waals surface area contributed by atoms with Crippen molar-refractivity contribution in [3.05, 3.63) is 24.3 Å². The van der Waals surface area contributed by atoms with Crippen LogP contribution in [0.15, 0.2) is 29.3 Å². The number of methoxy groups -OCH3 is 1. The predicted molar refractivity (Wildman–Crippen MR) is 118 cm³/mol. The molecule has 2 fully saturated rings. The number of piperazine rings is 1. The topological polar surface area (TPSA) is 69.2 Å². The van der Waals surface area contributed by atoms with Crippen LogP contribution >= 0.6 is 0 Å². The number of nitrogens with zero attached hydrogens (tertiary/aromatic N) is 3. The van der Waals surface area contributed by atoms with Crippen LogP contribution in [-0.2, 0) is 4.79 Å². The highest BCUT2D eigenvalue weighted by atomic mass is 16.5. The summed E-state index contributed by atoms with van der Waals surface area (Å²) in [5, 5.41) is 6.42. The molecule has 1 saturated carbocycles. The van der Waals surface area contributed by atoms with Crippen LogP contribution in [0.5, 0.6) is 5.75 Å². The van der Waals surface area contributed by atoms with Crippen molar-refractivity contribution in [2.24, 2.45) is 10.9 Å². The molecule has 1 heterocycles. The second-order valence-corrected chi connectivity index (χ2v) is 7.85. The van der Waals surface area contributed by atoms with Crippen LogP contribution in [0.1, 0.15) is 32.1 Å². The zero-order valence-corrected chi connectivity index (χ0v) is 17.8. The molecule has 2 aliphatic rings. The van der Waals surface area contributed by atoms with Gasteiger partial charge in [-0.2, -0.15) is 0 Å². The van der Waals surface area contributed by atoms with E-state index in [9.17, 15) is 4.79 Å².